The number of benzene rings is 2. The molecule has 0 radical (unpaired) electrons. The Morgan fingerprint density at radius 2 is 1.70 bits per heavy atom. The topological polar surface area (TPSA) is 66.5 Å². The number of halogens is 1. The van der Waals surface area contributed by atoms with Crippen LogP contribution in [-0.4, -0.2) is 27.1 Å². The summed E-state index contributed by atoms with van der Waals surface area (Å²) in [7, 11) is -3.48. The van der Waals surface area contributed by atoms with Crippen molar-refractivity contribution in [2.24, 2.45) is 0 Å². The van der Waals surface area contributed by atoms with Gasteiger partial charge in [0, 0.05) is 23.7 Å². The molecule has 5 nitrogen and oxygen atoms in total. The molecule has 0 aliphatic heterocycles. The number of carbonyl (C=O) groups excluding carboxylic acids is 1. The summed E-state index contributed by atoms with van der Waals surface area (Å²) in [5.41, 5.74) is 4.25. The molecule has 0 saturated carbocycles. The van der Waals surface area contributed by atoms with Crippen LogP contribution in [0.5, 0.6) is 0 Å². The van der Waals surface area contributed by atoms with E-state index in [0.29, 0.717) is 17.1 Å². The number of hydrogen-bond acceptors (Lipinski definition) is 3. The molecule has 0 heterocycles. The average molecular weight is 409 g/mol. The molecule has 0 spiro atoms. The van der Waals surface area contributed by atoms with Gasteiger partial charge < -0.3 is 5.32 Å². The number of amides is 1. The highest BCUT2D eigenvalue weighted by Gasteiger charge is 2.19. The van der Waals surface area contributed by atoms with Crippen LogP contribution in [0, 0.1) is 20.8 Å². The Morgan fingerprint density at radius 3 is 2.30 bits per heavy atom. The maximum Gasteiger partial charge on any atom is 0.232 e. The molecule has 1 N–H and O–H groups in total. The predicted octanol–water partition coefficient (Wildman–Crippen LogP) is 4.45. The van der Waals surface area contributed by atoms with Crippen LogP contribution >= 0.6 is 11.6 Å². The molecule has 146 valence electrons. The van der Waals surface area contributed by atoms with E-state index in [4.69, 9.17) is 11.6 Å². The van der Waals surface area contributed by atoms with E-state index in [9.17, 15) is 13.2 Å². The van der Waals surface area contributed by atoms with E-state index >= 15 is 0 Å². The van der Waals surface area contributed by atoms with E-state index in [0.717, 1.165) is 28.6 Å². The fraction of sp³-hybridized carbons (Fsp3) is 0.350. The van der Waals surface area contributed by atoms with Crippen LogP contribution in [0.15, 0.2) is 36.4 Å². The van der Waals surface area contributed by atoms with Gasteiger partial charge in [-0.1, -0.05) is 23.7 Å². The van der Waals surface area contributed by atoms with Gasteiger partial charge in [0.2, 0.25) is 15.9 Å². The summed E-state index contributed by atoms with van der Waals surface area (Å²) in [6.07, 6.45) is 1.78. The van der Waals surface area contributed by atoms with E-state index < -0.39 is 10.0 Å². The van der Waals surface area contributed by atoms with Crippen molar-refractivity contribution in [1.29, 1.82) is 0 Å². The summed E-state index contributed by atoms with van der Waals surface area (Å²) < 4.78 is 25.7. The Hall–Kier alpha value is -2.05. The van der Waals surface area contributed by atoms with Crippen molar-refractivity contribution >= 4 is 38.9 Å². The van der Waals surface area contributed by atoms with Crippen molar-refractivity contribution in [3.8, 4) is 0 Å². The van der Waals surface area contributed by atoms with Crippen molar-refractivity contribution in [1.82, 2.24) is 0 Å². The van der Waals surface area contributed by atoms with Gasteiger partial charge >= 0.3 is 0 Å². The van der Waals surface area contributed by atoms with E-state index in [1.807, 2.05) is 39.0 Å². The summed E-state index contributed by atoms with van der Waals surface area (Å²) in [5.74, 6) is -0.142. The predicted molar refractivity (Wildman–Crippen MR) is 112 cm³/mol. The van der Waals surface area contributed by atoms with Crippen molar-refractivity contribution in [2.75, 3.05) is 22.4 Å². The Kier molecular flexibility index (Phi) is 6.89. The van der Waals surface area contributed by atoms with E-state index in [-0.39, 0.29) is 18.9 Å². The summed E-state index contributed by atoms with van der Waals surface area (Å²) >= 11 is 6.03. The van der Waals surface area contributed by atoms with Gasteiger partial charge in [-0.25, -0.2) is 8.42 Å². The van der Waals surface area contributed by atoms with Gasteiger partial charge in [0.25, 0.3) is 0 Å². The molecular formula is C20H25ClN2O3S. The SMILES string of the molecule is Cc1cc(C)cc(NC(=O)CCCN(c2cc(Cl)ccc2C)S(C)(=O)=O)c1. The Balaban J connectivity index is 2.03. The second-order valence-electron chi connectivity index (χ2n) is 6.79. The van der Waals surface area contributed by atoms with Crippen LogP contribution in [0.4, 0.5) is 11.4 Å². The van der Waals surface area contributed by atoms with Gasteiger partial charge in [0.15, 0.2) is 0 Å². The van der Waals surface area contributed by atoms with E-state index in [1.165, 1.54) is 4.31 Å². The number of carbonyl (C=O) groups is 1. The molecule has 2 rings (SSSR count). The Morgan fingerprint density at radius 1 is 1.07 bits per heavy atom. The van der Waals surface area contributed by atoms with Crippen molar-refractivity contribution < 1.29 is 13.2 Å². The smallest absolute Gasteiger partial charge is 0.232 e. The molecule has 0 saturated heterocycles. The molecule has 0 bridgehead atoms. The highest BCUT2D eigenvalue weighted by molar-refractivity contribution is 7.92. The zero-order chi connectivity index (χ0) is 20.2. The lowest BCUT2D eigenvalue weighted by Crippen LogP contribution is -2.32. The summed E-state index contributed by atoms with van der Waals surface area (Å²) in [6, 6.07) is 11.0. The van der Waals surface area contributed by atoms with Crippen molar-refractivity contribution in [3.63, 3.8) is 0 Å². The standard InChI is InChI=1S/C20H25ClN2O3S/c1-14-10-15(2)12-18(11-14)22-20(24)6-5-9-23(27(4,25)26)19-13-17(21)8-7-16(19)3/h7-8,10-13H,5-6,9H2,1-4H3,(H,22,24). The van der Waals surface area contributed by atoms with Gasteiger partial charge in [0.1, 0.15) is 0 Å². The third-order valence-electron chi connectivity index (χ3n) is 4.11. The zero-order valence-electron chi connectivity index (χ0n) is 16.0. The number of anilines is 2. The third-order valence-corrected chi connectivity index (χ3v) is 5.53. The van der Waals surface area contributed by atoms with Gasteiger partial charge in [-0.3, -0.25) is 9.10 Å². The van der Waals surface area contributed by atoms with E-state index in [2.05, 4.69) is 5.32 Å². The fourth-order valence-electron chi connectivity index (χ4n) is 2.97. The Labute approximate surface area is 166 Å². The van der Waals surface area contributed by atoms with Crippen LogP contribution < -0.4 is 9.62 Å². The minimum absolute atomic E-state index is 0.142. The molecule has 2 aromatic rings. The molecule has 0 aliphatic carbocycles. The normalized spacial score (nSPS) is 11.3. The first-order chi connectivity index (χ1) is 12.6. The minimum atomic E-state index is -3.48. The lowest BCUT2D eigenvalue weighted by molar-refractivity contribution is -0.116. The zero-order valence-corrected chi connectivity index (χ0v) is 17.6. The quantitative estimate of drug-likeness (QED) is 0.735. The molecule has 0 aliphatic rings. The summed E-state index contributed by atoms with van der Waals surface area (Å²) in [6.45, 7) is 5.98. The summed E-state index contributed by atoms with van der Waals surface area (Å²) in [5, 5.41) is 3.34. The van der Waals surface area contributed by atoms with Crippen LogP contribution in [-0.2, 0) is 14.8 Å². The van der Waals surface area contributed by atoms with Gasteiger partial charge in [-0.2, -0.15) is 0 Å². The monoisotopic (exact) mass is 408 g/mol. The second kappa shape index (κ2) is 8.76. The number of sulfonamides is 1. The van der Waals surface area contributed by atoms with Gasteiger partial charge in [-0.05, 0) is 68.1 Å². The molecule has 0 aromatic heterocycles. The molecule has 2 aromatic carbocycles. The third kappa shape index (κ3) is 6.26. The molecule has 1 amide bonds. The average Bonchev–Trinajstić information content (AvgIpc) is 2.52. The first-order valence-corrected chi connectivity index (χ1v) is 10.9. The first kappa shape index (κ1) is 21.3. The highest BCUT2D eigenvalue weighted by atomic mass is 35.5. The minimum Gasteiger partial charge on any atom is -0.326 e. The van der Waals surface area contributed by atoms with Gasteiger partial charge in [-0.15, -0.1) is 0 Å². The number of rotatable bonds is 7. The van der Waals surface area contributed by atoms with Crippen molar-refractivity contribution in [3.05, 3.63) is 58.1 Å². The number of nitrogens with one attached hydrogen (secondary N) is 1. The van der Waals surface area contributed by atoms with Crippen molar-refractivity contribution in [2.45, 2.75) is 33.6 Å². The number of nitrogens with zero attached hydrogens (tertiary/aromatic N) is 1. The molecule has 27 heavy (non-hydrogen) atoms. The summed E-state index contributed by atoms with van der Waals surface area (Å²) in [4.78, 5) is 12.2. The maximum atomic E-state index is 12.2. The lowest BCUT2D eigenvalue weighted by atomic mass is 10.1. The molecule has 7 heteroatoms. The van der Waals surface area contributed by atoms with Gasteiger partial charge in [0.05, 0.1) is 11.9 Å². The van der Waals surface area contributed by atoms with E-state index in [1.54, 1.807) is 18.2 Å². The Bertz CT molecular complexity index is 922. The molecule has 0 unspecified atom stereocenters. The number of hydrogen-bond donors (Lipinski definition) is 1. The lowest BCUT2D eigenvalue weighted by Gasteiger charge is -2.24. The highest BCUT2D eigenvalue weighted by Crippen LogP contribution is 2.26. The number of aryl methyl sites for hydroxylation is 3. The molecule has 0 atom stereocenters. The van der Waals surface area contributed by atoms with Crippen LogP contribution in [0.2, 0.25) is 5.02 Å². The molecular weight excluding hydrogens is 384 g/mol. The largest absolute Gasteiger partial charge is 0.326 e. The van der Waals surface area contributed by atoms with Crippen LogP contribution in [0.25, 0.3) is 0 Å². The molecule has 0 fully saturated rings. The van der Waals surface area contributed by atoms with Crippen LogP contribution in [0.3, 0.4) is 0 Å². The first-order valence-electron chi connectivity index (χ1n) is 8.68. The maximum absolute atomic E-state index is 12.2. The second-order valence-corrected chi connectivity index (χ2v) is 9.14. The fourth-order valence-corrected chi connectivity index (χ4v) is 4.15. The van der Waals surface area contributed by atoms with Crippen LogP contribution in [0.1, 0.15) is 29.5 Å².